The van der Waals surface area contributed by atoms with E-state index in [4.69, 9.17) is 21.4 Å². The van der Waals surface area contributed by atoms with E-state index < -0.39 is 33.9 Å². The Morgan fingerprint density at radius 3 is 2.29 bits per heavy atom. The number of carbonyl (C=O) groups is 2. The van der Waals surface area contributed by atoms with Crippen LogP contribution in [0, 0.1) is 5.92 Å². The fourth-order valence-electron chi connectivity index (χ4n) is 1.89. The van der Waals surface area contributed by atoms with Crippen molar-refractivity contribution in [3.05, 3.63) is 17.2 Å². The van der Waals surface area contributed by atoms with Crippen LogP contribution < -0.4 is 14.8 Å². The molecule has 0 aromatic heterocycles. The lowest BCUT2D eigenvalue weighted by atomic mass is 10.1. The number of anilines is 1. The average molecular weight is 379 g/mol. The lowest BCUT2D eigenvalue weighted by Gasteiger charge is -2.19. The summed E-state index contributed by atoms with van der Waals surface area (Å²) >= 11 is 5.99. The largest absolute Gasteiger partial charge is 0.495 e. The number of halogens is 1. The first-order valence-electron chi connectivity index (χ1n) is 6.89. The third-order valence-corrected chi connectivity index (χ3v) is 4.84. The van der Waals surface area contributed by atoms with Crippen LogP contribution in [0.1, 0.15) is 20.8 Å². The molecule has 0 spiro atoms. The highest BCUT2D eigenvalue weighted by Crippen LogP contribution is 2.34. The molecular weight excluding hydrogens is 360 g/mol. The Bertz CT molecular complexity index is 748. The zero-order valence-corrected chi connectivity index (χ0v) is 15.2. The van der Waals surface area contributed by atoms with Gasteiger partial charge in [0.1, 0.15) is 16.7 Å². The molecule has 3 N–H and O–H groups in total. The topological polar surface area (TPSA) is 122 Å². The molecule has 24 heavy (non-hydrogen) atoms. The van der Waals surface area contributed by atoms with Crippen molar-refractivity contribution in [1.29, 1.82) is 0 Å². The van der Waals surface area contributed by atoms with E-state index in [1.54, 1.807) is 13.8 Å². The Morgan fingerprint density at radius 1 is 1.29 bits per heavy atom. The predicted molar refractivity (Wildman–Crippen MR) is 88.9 cm³/mol. The summed E-state index contributed by atoms with van der Waals surface area (Å²) in [6, 6.07) is 1.03. The van der Waals surface area contributed by atoms with E-state index >= 15 is 0 Å². The van der Waals surface area contributed by atoms with E-state index in [2.05, 4.69) is 10.0 Å². The smallest absolute Gasteiger partial charge is 0.322 e. The van der Waals surface area contributed by atoms with E-state index in [-0.39, 0.29) is 21.4 Å². The highest BCUT2D eigenvalue weighted by Gasteiger charge is 2.30. The number of nitrogens with one attached hydrogen (secondary N) is 2. The van der Waals surface area contributed by atoms with Crippen LogP contribution in [0.3, 0.4) is 0 Å². The van der Waals surface area contributed by atoms with E-state index in [0.29, 0.717) is 0 Å². The SMILES string of the molecule is COc1cc(NC(C)=O)c(Cl)cc1S(=O)(=O)NC(C(=O)O)C(C)C. The molecule has 0 fully saturated rings. The second-order valence-corrected chi connectivity index (χ2v) is 7.43. The van der Waals surface area contributed by atoms with Gasteiger partial charge in [-0.1, -0.05) is 25.4 Å². The van der Waals surface area contributed by atoms with E-state index in [1.807, 2.05) is 0 Å². The number of rotatable bonds is 7. The molecule has 0 radical (unpaired) electrons. The number of aliphatic carboxylic acids is 1. The Balaban J connectivity index is 3.35. The second kappa shape index (κ2) is 7.82. The maximum absolute atomic E-state index is 12.5. The number of methoxy groups -OCH3 is 1. The maximum Gasteiger partial charge on any atom is 0.322 e. The summed E-state index contributed by atoms with van der Waals surface area (Å²) in [7, 11) is -2.97. The van der Waals surface area contributed by atoms with Crippen LogP contribution in [0.4, 0.5) is 5.69 Å². The number of hydrogen-bond acceptors (Lipinski definition) is 5. The quantitative estimate of drug-likeness (QED) is 0.663. The molecule has 0 bridgehead atoms. The van der Waals surface area contributed by atoms with Gasteiger partial charge in [0.15, 0.2) is 0 Å². The van der Waals surface area contributed by atoms with Gasteiger partial charge < -0.3 is 15.2 Å². The molecule has 8 nitrogen and oxygen atoms in total. The van der Waals surface area contributed by atoms with Gasteiger partial charge in [-0.25, -0.2) is 8.42 Å². The number of sulfonamides is 1. The van der Waals surface area contributed by atoms with Crippen molar-refractivity contribution >= 4 is 39.2 Å². The monoisotopic (exact) mass is 378 g/mol. The van der Waals surface area contributed by atoms with Crippen molar-refractivity contribution in [1.82, 2.24) is 4.72 Å². The van der Waals surface area contributed by atoms with Crippen LogP contribution in [0.15, 0.2) is 17.0 Å². The molecule has 1 atom stereocenters. The molecule has 0 heterocycles. The Hall–Kier alpha value is -1.84. The molecule has 1 amide bonds. The summed E-state index contributed by atoms with van der Waals surface area (Å²) in [5, 5.41) is 11.6. The molecule has 1 aromatic rings. The molecule has 10 heteroatoms. The van der Waals surface area contributed by atoms with Crippen LogP contribution in [-0.2, 0) is 19.6 Å². The zero-order chi connectivity index (χ0) is 18.7. The second-order valence-electron chi connectivity index (χ2n) is 5.35. The molecule has 0 saturated carbocycles. The number of benzene rings is 1. The van der Waals surface area contributed by atoms with Crippen LogP contribution in [-0.4, -0.2) is 38.6 Å². The average Bonchev–Trinajstić information content (AvgIpc) is 2.45. The Kier molecular flexibility index (Phi) is 6.58. The van der Waals surface area contributed by atoms with E-state index in [1.165, 1.54) is 20.1 Å². The normalized spacial score (nSPS) is 12.8. The molecule has 134 valence electrons. The molecular formula is C14H19ClN2O6S. The number of carboxylic acids is 1. The van der Waals surface area contributed by atoms with Crippen LogP contribution in [0.25, 0.3) is 0 Å². The Labute approximate surface area is 145 Å². The molecule has 0 aliphatic heterocycles. The molecule has 0 aliphatic carbocycles. The van der Waals surface area contributed by atoms with Gasteiger partial charge in [0.25, 0.3) is 0 Å². The summed E-state index contributed by atoms with van der Waals surface area (Å²) < 4.78 is 32.2. The summed E-state index contributed by atoms with van der Waals surface area (Å²) in [4.78, 5) is 22.0. The first-order chi connectivity index (χ1) is 11.0. The zero-order valence-electron chi connectivity index (χ0n) is 13.6. The summed E-state index contributed by atoms with van der Waals surface area (Å²) in [6.45, 7) is 4.42. The van der Waals surface area contributed by atoms with Crippen molar-refractivity contribution in [3.63, 3.8) is 0 Å². The predicted octanol–water partition coefficient (Wildman–Crippen LogP) is 1.69. The van der Waals surface area contributed by atoms with Gasteiger partial charge in [0.05, 0.1) is 17.8 Å². The van der Waals surface area contributed by atoms with Gasteiger partial charge in [-0.3, -0.25) is 9.59 Å². The first-order valence-corrected chi connectivity index (χ1v) is 8.76. The van der Waals surface area contributed by atoms with Crippen LogP contribution in [0.5, 0.6) is 5.75 Å². The third kappa shape index (κ3) is 4.83. The molecule has 0 saturated heterocycles. The fourth-order valence-corrected chi connectivity index (χ4v) is 3.68. The lowest BCUT2D eigenvalue weighted by Crippen LogP contribution is -2.44. The summed E-state index contributed by atoms with van der Waals surface area (Å²) in [5.74, 6) is -2.24. The van der Waals surface area contributed by atoms with Gasteiger partial charge in [-0.15, -0.1) is 0 Å². The van der Waals surface area contributed by atoms with Crippen molar-refractivity contribution in [2.45, 2.75) is 31.7 Å². The number of hydrogen-bond donors (Lipinski definition) is 3. The van der Waals surface area contributed by atoms with Gasteiger partial charge in [0.2, 0.25) is 15.9 Å². The highest BCUT2D eigenvalue weighted by atomic mass is 35.5. The highest BCUT2D eigenvalue weighted by molar-refractivity contribution is 7.89. The molecule has 0 aliphatic rings. The van der Waals surface area contributed by atoms with Gasteiger partial charge >= 0.3 is 5.97 Å². The minimum atomic E-state index is -4.21. The fraction of sp³-hybridized carbons (Fsp3) is 0.429. The summed E-state index contributed by atoms with van der Waals surface area (Å²) in [5.41, 5.74) is 0.179. The van der Waals surface area contributed by atoms with Crippen molar-refractivity contribution in [2.24, 2.45) is 5.92 Å². The minimum absolute atomic E-state index is 0.0252. The molecule has 1 unspecified atom stereocenters. The van der Waals surface area contributed by atoms with Crippen molar-refractivity contribution in [2.75, 3.05) is 12.4 Å². The van der Waals surface area contributed by atoms with E-state index in [0.717, 1.165) is 6.07 Å². The first kappa shape index (κ1) is 20.2. The van der Waals surface area contributed by atoms with Crippen molar-refractivity contribution in [3.8, 4) is 5.75 Å². The minimum Gasteiger partial charge on any atom is -0.495 e. The molecule has 1 rings (SSSR count). The van der Waals surface area contributed by atoms with Crippen LogP contribution >= 0.6 is 11.6 Å². The third-order valence-electron chi connectivity index (χ3n) is 3.07. The number of carbonyl (C=O) groups excluding carboxylic acids is 1. The lowest BCUT2D eigenvalue weighted by molar-refractivity contribution is -0.140. The number of ether oxygens (including phenoxy) is 1. The number of amides is 1. The molecule has 1 aromatic carbocycles. The maximum atomic E-state index is 12.5. The van der Waals surface area contributed by atoms with Crippen molar-refractivity contribution < 1.29 is 27.9 Å². The standard InChI is InChI=1S/C14H19ClN2O6S/c1-7(2)13(14(19)20)17-24(21,22)12-5-9(15)10(16-8(3)18)6-11(12)23-4/h5-7,13,17H,1-4H3,(H,16,18)(H,19,20). The summed E-state index contributed by atoms with van der Waals surface area (Å²) in [6.07, 6.45) is 0. The number of carboxylic acid groups (broad SMARTS) is 1. The van der Waals surface area contributed by atoms with Gasteiger partial charge in [-0.2, -0.15) is 4.72 Å². The van der Waals surface area contributed by atoms with Gasteiger partial charge in [0, 0.05) is 13.0 Å². The van der Waals surface area contributed by atoms with Gasteiger partial charge in [-0.05, 0) is 12.0 Å². The van der Waals surface area contributed by atoms with Crippen LogP contribution in [0.2, 0.25) is 5.02 Å². The van der Waals surface area contributed by atoms with E-state index in [9.17, 15) is 18.0 Å². The Morgan fingerprint density at radius 2 is 1.88 bits per heavy atom.